The highest BCUT2D eigenvalue weighted by Gasteiger charge is 2.23. The summed E-state index contributed by atoms with van der Waals surface area (Å²) in [5.41, 5.74) is 0.157. The van der Waals surface area contributed by atoms with Gasteiger partial charge in [-0.1, -0.05) is 20.8 Å². The number of rotatable bonds is 8. The molecule has 1 unspecified atom stereocenters. The number of hydrogen-bond donors (Lipinski definition) is 1. The summed E-state index contributed by atoms with van der Waals surface area (Å²) in [6.45, 7) is 8.92. The lowest BCUT2D eigenvalue weighted by atomic mass is 9.79. The molecular formula is C12H26O3. The Morgan fingerprint density at radius 3 is 2.27 bits per heavy atom. The maximum atomic E-state index is 9.23. The fraction of sp³-hybridized carbons (Fsp3) is 1.00. The molecule has 0 amide bonds. The van der Waals surface area contributed by atoms with Crippen molar-refractivity contribution in [3.63, 3.8) is 0 Å². The Bertz CT molecular complexity index is 140. The van der Waals surface area contributed by atoms with Crippen LogP contribution in [0.15, 0.2) is 0 Å². The van der Waals surface area contributed by atoms with E-state index in [4.69, 9.17) is 9.47 Å². The van der Waals surface area contributed by atoms with Crippen molar-refractivity contribution in [1.29, 1.82) is 0 Å². The summed E-state index contributed by atoms with van der Waals surface area (Å²) >= 11 is 0. The molecule has 0 fully saturated rings. The van der Waals surface area contributed by atoms with Crippen molar-refractivity contribution in [1.82, 2.24) is 0 Å². The van der Waals surface area contributed by atoms with Crippen molar-refractivity contribution >= 4 is 0 Å². The second-order valence-corrected chi connectivity index (χ2v) is 4.99. The van der Waals surface area contributed by atoms with E-state index < -0.39 is 0 Å². The van der Waals surface area contributed by atoms with Gasteiger partial charge in [-0.3, -0.25) is 0 Å². The smallest absolute Gasteiger partial charge is 0.0487 e. The summed E-state index contributed by atoms with van der Waals surface area (Å²) in [6.07, 6.45) is 1.86. The van der Waals surface area contributed by atoms with Crippen LogP contribution in [0.1, 0.15) is 33.6 Å². The first-order chi connectivity index (χ1) is 7.02. The van der Waals surface area contributed by atoms with E-state index >= 15 is 0 Å². The first-order valence-corrected chi connectivity index (χ1v) is 5.70. The molecule has 3 heteroatoms. The Morgan fingerprint density at radius 2 is 1.80 bits per heavy atom. The molecule has 92 valence electrons. The van der Waals surface area contributed by atoms with E-state index in [0.717, 1.165) is 32.7 Å². The molecule has 0 rings (SSSR count). The Hall–Kier alpha value is -0.120. The summed E-state index contributed by atoms with van der Waals surface area (Å²) in [4.78, 5) is 0. The van der Waals surface area contributed by atoms with Gasteiger partial charge in [0.25, 0.3) is 0 Å². The molecule has 0 radical (unpaired) electrons. The van der Waals surface area contributed by atoms with Crippen LogP contribution >= 0.6 is 0 Å². The lowest BCUT2D eigenvalue weighted by Crippen LogP contribution is -2.25. The van der Waals surface area contributed by atoms with E-state index in [1.54, 1.807) is 7.11 Å². The molecule has 0 saturated carbocycles. The molecule has 0 saturated heterocycles. The molecule has 0 aromatic carbocycles. The molecule has 0 bridgehead atoms. The van der Waals surface area contributed by atoms with Crippen LogP contribution in [-0.2, 0) is 9.47 Å². The molecule has 0 spiro atoms. The van der Waals surface area contributed by atoms with E-state index in [1.165, 1.54) is 0 Å². The molecule has 0 heterocycles. The van der Waals surface area contributed by atoms with Crippen LogP contribution in [0.4, 0.5) is 0 Å². The number of hydrogen-bond acceptors (Lipinski definition) is 3. The minimum absolute atomic E-state index is 0.157. The number of methoxy groups -OCH3 is 1. The Morgan fingerprint density at radius 1 is 1.13 bits per heavy atom. The zero-order chi connectivity index (χ0) is 11.7. The number of aliphatic hydroxyl groups excluding tert-OH is 1. The molecule has 3 nitrogen and oxygen atoms in total. The minimum atomic E-state index is 0.157. The third-order valence-electron chi connectivity index (χ3n) is 2.69. The van der Waals surface area contributed by atoms with Gasteiger partial charge in [-0.15, -0.1) is 0 Å². The maximum Gasteiger partial charge on any atom is 0.0487 e. The van der Waals surface area contributed by atoms with Crippen molar-refractivity contribution < 1.29 is 14.6 Å². The van der Waals surface area contributed by atoms with Crippen LogP contribution in [-0.4, -0.2) is 38.6 Å². The molecule has 0 aliphatic heterocycles. The highest BCUT2D eigenvalue weighted by molar-refractivity contribution is 4.72. The highest BCUT2D eigenvalue weighted by Crippen LogP contribution is 2.27. The van der Waals surface area contributed by atoms with Crippen molar-refractivity contribution in [2.45, 2.75) is 33.6 Å². The summed E-state index contributed by atoms with van der Waals surface area (Å²) in [5, 5.41) is 9.23. The lowest BCUT2D eigenvalue weighted by molar-refractivity contribution is 0.0587. The Kier molecular flexibility index (Phi) is 8.02. The topological polar surface area (TPSA) is 38.7 Å². The lowest BCUT2D eigenvalue weighted by Gasteiger charge is -2.28. The van der Waals surface area contributed by atoms with Crippen LogP contribution < -0.4 is 0 Å². The van der Waals surface area contributed by atoms with Gasteiger partial charge in [0.1, 0.15) is 0 Å². The van der Waals surface area contributed by atoms with Crippen LogP contribution in [0.5, 0.6) is 0 Å². The van der Waals surface area contributed by atoms with Crippen LogP contribution in [0.3, 0.4) is 0 Å². The van der Waals surface area contributed by atoms with Gasteiger partial charge >= 0.3 is 0 Å². The monoisotopic (exact) mass is 218 g/mol. The second kappa shape index (κ2) is 8.08. The molecule has 1 atom stereocenters. The second-order valence-electron chi connectivity index (χ2n) is 4.99. The van der Waals surface area contributed by atoms with Crippen molar-refractivity contribution in [2.24, 2.45) is 11.3 Å². The number of ether oxygens (including phenoxy) is 2. The minimum Gasteiger partial charge on any atom is -0.396 e. The average Bonchev–Trinajstić information content (AvgIpc) is 2.15. The molecule has 0 aromatic rings. The van der Waals surface area contributed by atoms with Gasteiger partial charge in [0, 0.05) is 33.5 Å². The van der Waals surface area contributed by atoms with Gasteiger partial charge in [-0.25, -0.2) is 0 Å². The third kappa shape index (κ3) is 7.77. The first-order valence-electron chi connectivity index (χ1n) is 5.70. The first kappa shape index (κ1) is 14.9. The van der Waals surface area contributed by atoms with Crippen LogP contribution in [0.25, 0.3) is 0 Å². The fourth-order valence-corrected chi connectivity index (χ4v) is 1.43. The van der Waals surface area contributed by atoms with Crippen molar-refractivity contribution in [3.8, 4) is 0 Å². The van der Waals surface area contributed by atoms with Gasteiger partial charge in [-0.05, 0) is 24.2 Å². The zero-order valence-corrected chi connectivity index (χ0v) is 10.6. The largest absolute Gasteiger partial charge is 0.396 e. The molecule has 0 aromatic heterocycles. The zero-order valence-electron chi connectivity index (χ0n) is 10.6. The van der Waals surface area contributed by atoms with Gasteiger partial charge in [0.15, 0.2) is 0 Å². The standard InChI is InChI=1S/C12H26O3/c1-12(2,3)11(10-13)6-9-15-8-5-7-14-4/h11,13H,5-10H2,1-4H3. The molecule has 15 heavy (non-hydrogen) atoms. The normalized spacial score (nSPS) is 14.2. The summed E-state index contributed by atoms with van der Waals surface area (Å²) in [6, 6.07) is 0. The fourth-order valence-electron chi connectivity index (χ4n) is 1.43. The molecule has 0 aliphatic rings. The quantitative estimate of drug-likeness (QED) is 0.634. The predicted octanol–water partition coefficient (Wildman–Crippen LogP) is 2.08. The molecular weight excluding hydrogens is 192 g/mol. The molecule has 0 aliphatic carbocycles. The van der Waals surface area contributed by atoms with Crippen LogP contribution in [0, 0.1) is 11.3 Å². The van der Waals surface area contributed by atoms with Gasteiger partial charge in [-0.2, -0.15) is 0 Å². The van der Waals surface area contributed by atoms with E-state index in [2.05, 4.69) is 20.8 Å². The van der Waals surface area contributed by atoms with E-state index in [9.17, 15) is 5.11 Å². The van der Waals surface area contributed by atoms with Gasteiger partial charge in [0.05, 0.1) is 0 Å². The Balaban J connectivity index is 3.48. The van der Waals surface area contributed by atoms with Gasteiger partial charge < -0.3 is 14.6 Å². The summed E-state index contributed by atoms with van der Waals surface area (Å²) in [7, 11) is 1.70. The van der Waals surface area contributed by atoms with Crippen LogP contribution in [0.2, 0.25) is 0 Å². The van der Waals surface area contributed by atoms with E-state index in [1.807, 2.05) is 0 Å². The maximum absolute atomic E-state index is 9.23. The Labute approximate surface area is 93.8 Å². The van der Waals surface area contributed by atoms with E-state index in [0.29, 0.717) is 5.92 Å². The van der Waals surface area contributed by atoms with E-state index in [-0.39, 0.29) is 12.0 Å². The third-order valence-corrected chi connectivity index (χ3v) is 2.69. The highest BCUT2D eigenvalue weighted by atomic mass is 16.5. The van der Waals surface area contributed by atoms with Crippen molar-refractivity contribution in [3.05, 3.63) is 0 Å². The average molecular weight is 218 g/mol. The molecule has 1 N–H and O–H groups in total. The SMILES string of the molecule is COCCCOCCC(CO)C(C)(C)C. The summed E-state index contributed by atoms with van der Waals surface area (Å²) in [5.74, 6) is 0.319. The summed E-state index contributed by atoms with van der Waals surface area (Å²) < 4.78 is 10.4. The predicted molar refractivity (Wildman–Crippen MR) is 62.0 cm³/mol. The van der Waals surface area contributed by atoms with Gasteiger partial charge in [0.2, 0.25) is 0 Å². The van der Waals surface area contributed by atoms with Crippen molar-refractivity contribution in [2.75, 3.05) is 33.5 Å². The number of aliphatic hydroxyl groups is 1.